The lowest BCUT2D eigenvalue weighted by Gasteiger charge is -2.31. The Morgan fingerprint density at radius 1 is 1.08 bits per heavy atom. The van der Waals surface area contributed by atoms with Crippen molar-refractivity contribution in [2.24, 2.45) is 5.73 Å². The number of hydrogen-bond acceptors (Lipinski definition) is 5. The minimum absolute atomic E-state index is 0.0909. The van der Waals surface area contributed by atoms with E-state index < -0.39 is 22.0 Å². The van der Waals surface area contributed by atoms with Crippen LogP contribution in [0.4, 0.5) is 5.69 Å². The van der Waals surface area contributed by atoms with E-state index in [1.807, 2.05) is 30.3 Å². The van der Waals surface area contributed by atoms with Crippen molar-refractivity contribution in [3.8, 4) is 0 Å². The maximum atomic E-state index is 12.9. The van der Waals surface area contributed by atoms with Gasteiger partial charge in [-0.3, -0.25) is 10.1 Å². The SMILES string of the molecule is CC(C)(C)OC(=O)[C@@](N)(Cc1ccccc1)c1ccccc1[N+](=O)[O-]. The van der Waals surface area contributed by atoms with Crippen molar-refractivity contribution < 1.29 is 14.5 Å². The zero-order valence-electron chi connectivity index (χ0n) is 14.6. The molecule has 25 heavy (non-hydrogen) atoms. The molecule has 132 valence electrons. The first-order valence-electron chi connectivity index (χ1n) is 7.93. The zero-order valence-corrected chi connectivity index (χ0v) is 14.6. The summed E-state index contributed by atoms with van der Waals surface area (Å²) in [5.74, 6) is -0.696. The van der Waals surface area contributed by atoms with Crippen LogP contribution in [0.1, 0.15) is 31.9 Å². The van der Waals surface area contributed by atoms with Crippen molar-refractivity contribution in [1.29, 1.82) is 0 Å². The molecule has 0 aliphatic rings. The van der Waals surface area contributed by atoms with Gasteiger partial charge in [0.1, 0.15) is 5.60 Å². The predicted molar refractivity (Wildman–Crippen MR) is 95.0 cm³/mol. The monoisotopic (exact) mass is 342 g/mol. The van der Waals surface area contributed by atoms with Crippen LogP contribution in [0.3, 0.4) is 0 Å². The van der Waals surface area contributed by atoms with Crippen molar-refractivity contribution in [3.05, 3.63) is 75.8 Å². The maximum absolute atomic E-state index is 12.9. The average Bonchev–Trinajstić information content (AvgIpc) is 2.54. The van der Waals surface area contributed by atoms with Crippen LogP contribution >= 0.6 is 0 Å². The van der Waals surface area contributed by atoms with Gasteiger partial charge in [-0.2, -0.15) is 0 Å². The van der Waals surface area contributed by atoms with Crippen molar-refractivity contribution in [1.82, 2.24) is 0 Å². The van der Waals surface area contributed by atoms with E-state index in [9.17, 15) is 14.9 Å². The molecule has 0 saturated heterocycles. The molecule has 6 nitrogen and oxygen atoms in total. The topological polar surface area (TPSA) is 95.5 Å². The number of carbonyl (C=O) groups excluding carboxylic acids is 1. The molecule has 0 bridgehead atoms. The van der Waals surface area contributed by atoms with Crippen LogP contribution in [-0.2, 0) is 21.5 Å². The third-order valence-electron chi connectivity index (χ3n) is 3.67. The Hall–Kier alpha value is -2.73. The maximum Gasteiger partial charge on any atom is 0.331 e. The van der Waals surface area contributed by atoms with Gasteiger partial charge in [-0.15, -0.1) is 0 Å². The average molecular weight is 342 g/mol. The zero-order chi connectivity index (χ0) is 18.7. The summed E-state index contributed by atoms with van der Waals surface area (Å²) in [7, 11) is 0. The number of nitrogens with zero attached hydrogens (tertiary/aromatic N) is 1. The Balaban J connectivity index is 2.56. The van der Waals surface area contributed by atoms with Crippen molar-refractivity contribution in [2.75, 3.05) is 0 Å². The molecule has 6 heteroatoms. The molecule has 0 aromatic heterocycles. The number of benzene rings is 2. The molecule has 2 rings (SSSR count). The van der Waals surface area contributed by atoms with E-state index in [1.165, 1.54) is 12.1 Å². The van der Waals surface area contributed by atoms with Crippen LogP contribution in [-0.4, -0.2) is 16.5 Å². The predicted octanol–water partition coefficient (Wildman–Crippen LogP) is 3.33. The van der Waals surface area contributed by atoms with Gasteiger partial charge in [-0.25, -0.2) is 4.79 Å². The molecular formula is C19H22N2O4. The van der Waals surface area contributed by atoms with Crippen LogP contribution < -0.4 is 5.73 Å². The summed E-state index contributed by atoms with van der Waals surface area (Å²) in [4.78, 5) is 23.8. The van der Waals surface area contributed by atoms with Crippen LogP contribution in [0.15, 0.2) is 54.6 Å². The Bertz CT molecular complexity index is 768. The third kappa shape index (κ3) is 4.42. The van der Waals surface area contributed by atoms with E-state index in [4.69, 9.17) is 10.5 Å². The lowest BCUT2D eigenvalue weighted by Crippen LogP contribution is -2.50. The summed E-state index contributed by atoms with van der Waals surface area (Å²) >= 11 is 0. The highest BCUT2D eigenvalue weighted by Gasteiger charge is 2.43. The molecule has 0 unspecified atom stereocenters. The van der Waals surface area contributed by atoms with Crippen molar-refractivity contribution in [2.45, 2.75) is 38.3 Å². The number of esters is 1. The van der Waals surface area contributed by atoms with Crippen LogP contribution in [0, 0.1) is 10.1 Å². The molecular weight excluding hydrogens is 320 g/mol. The largest absolute Gasteiger partial charge is 0.458 e. The first-order chi connectivity index (χ1) is 11.6. The first kappa shape index (κ1) is 18.6. The Morgan fingerprint density at radius 2 is 1.64 bits per heavy atom. The lowest BCUT2D eigenvalue weighted by atomic mass is 9.83. The summed E-state index contributed by atoms with van der Waals surface area (Å²) < 4.78 is 5.48. The number of rotatable bonds is 5. The fourth-order valence-electron chi connectivity index (χ4n) is 2.57. The summed E-state index contributed by atoms with van der Waals surface area (Å²) in [5.41, 5.74) is 4.75. The highest BCUT2D eigenvalue weighted by molar-refractivity contribution is 5.84. The molecule has 0 aliphatic carbocycles. The fourth-order valence-corrected chi connectivity index (χ4v) is 2.57. The second kappa shape index (κ2) is 7.03. The van der Waals surface area contributed by atoms with E-state index in [0.717, 1.165) is 5.56 Å². The van der Waals surface area contributed by atoms with Crippen molar-refractivity contribution >= 4 is 11.7 Å². The molecule has 0 fully saturated rings. The van der Waals surface area contributed by atoms with E-state index >= 15 is 0 Å². The molecule has 0 radical (unpaired) electrons. The van der Waals surface area contributed by atoms with E-state index in [-0.39, 0.29) is 17.7 Å². The molecule has 0 spiro atoms. The van der Waals surface area contributed by atoms with Crippen LogP contribution in [0.25, 0.3) is 0 Å². The van der Waals surface area contributed by atoms with E-state index in [0.29, 0.717) is 0 Å². The quantitative estimate of drug-likeness (QED) is 0.511. The first-order valence-corrected chi connectivity index (χ1v) is 7.93. The fraction of sp³-hybridized carbons (Fsp3) is 0.316. The molecule has 0 saturated carbocycles. The van der Waals surface area contributed by atoms with Gasteiger partial charge in [-0.1, -0.05) is 42.5 Å². The van der Waals surface area contributed by atoms with Gasteiger partial charge in [0.25, 0.3) is 5.69 Å². The molecule has 2 aromatic carbocycles. The van der Waals surface area contributed by atoms with Gasteiger partial charge in [-0.05, 0) is 32.4 Å². The van der Waals surface area contributed by atoms with Crippen LogP contribution in [0.2, 0.25) is 0 Å². The van der Waals surface area contributed by atoms with Crippen LogP contribution in [0.5, 0.6) is 0 Å². The summed E-state index contributed by atoms with van der Waals surface area (Å²) in [6.45, 7) is 5.19. The molecule has 2 aromatic rings. The molecule has 0 amide bonds. The summed E-state index contributed by atoms with van der Waals surface area (Å²) in [6, 6.07) is 15.1. The Kier molecular flexibility index (Phi) is 5.23. The molecule has 0 heterocycles. The Morgan fingerprint density at radius 3 is 2.20 bits per heavy atom. The van der Waals surface area contributed by atoms with Gasteiger partial charge < -0.3 is 10.5 Å². The highest BCUT2D eigenvalue weighted by Crippen LogP contribution is 2.33. The number of para-hydroxylation sites is 1. The smallest absolute Gasteiger partial charge is 0.331 e. The number of nitro benzene ring substituents is 1. The molecule has 2 N–H and O–H groups in total. The Labute approximate surface area is 146 Å². The molecule has 0 aliphatic heterocycles. The van der Waals surface area contributed by atoms with Gasteiger partial charge in [0, 0.05) is 12.5 Å². The van der Waals surface area contributed by atoms with Gasteiger partial charge >= 0.3 is 5.97 Å². The number of carbonyl (C=O) groups is 1. The van der Waals surface area contributed by atoms with E-state index in [2.05, 4.69) is 0 Å². The number of hydrogen-bond donors (Lipinski definition) is 1. The normalized spacial score (nSPS) is 13.8. The molecule has 1 atom stereocenters. The summed E-state index contributed by atoms with van der Waals surface area (Å²) in [6.07, 6.45) is 0.0909. The highest BCUT2D eigenvalue weighted by atomic mass is 16.6. The standard InChI is InChI=1S/C19H22N2O4/c1-18(2,3)25-17(22)19(20,13-14-9-5-4-6-10-14)15-11-7-8-12-16(15)21(23)24/h4-12H,13,20H2,1-3H3/t19-/m1/s1. The van der Waals surface area contributed by atoms with Gasteiger partial charge in [0.15, 0.2) is 5.54 Å². The second-order valence-corrected chi connectivity index (χ2v) is 6.91. The minimum atomic E-state index is -1.67. The number of nitro groups is 1. The third-order valence-corrected chi connectivity index (χ3v) is 3.67. The lowest BCUT2D eigenvalue weighted by molar-refractivity contribution is -0.386. The van der Waals surface area contributed by atoms with Gasteiger partial charge in [0.05, 0.1) is 10.5 Å². The van der Waals surface area contributed by atoms with Gasteiger partial charge in [0.2, 0.25) is 0 Å². The second-order valence-electron chi connectivity index (χ2n) is 6.91. The number of ether oxygens (including phenoxy) is 1. The van der Waals surface area contributed by atoms with Crippen molar-refractivity contribution in [3.63, 3.8) is 0 Å². The summed E-state index contributed by atoms with van der Waals surface area (Å²) in [5, 5.41) is 11.4. The van der Waals surface area contributed by atoms with E-state index in [1.54, 1.807) is 32.9 Å². The number of nitrogens with two attached hydrogens (primary N) is 1. The minimum Gasteiger partial charge on any atom is -0.458 e.